The van der Waals surface area contributed by atoms with E-state index in [2.05, 4.69) is 52.0 Å². The Balaban J connectivity index is 0.000000364. The molecule has 0 aromatic heterocycles. The standard InChI is InChI=1S/2C10H15.Hf/c2*1-3-4-5-10-7-6-9(2)8-10;/h2*7H,3-6H2,1-2H3;/q2*-1;. The molecule has 0 nitrogen and oxygen atoms in total. The van der Waals surface area contributed by atoms with Gasteiger partial charge in [-0.15, -0.1) is 0 Å². The Morgan fingerprint density at radius 1 is 0.810 bits per heavy atom. The molecule has 0 unspecified atom stereocenters. The minimum Gasteiger partial charge on any atom is -0.250 e. The third-order valence-corrected chi connectivity index (χ3v) is 3.66. The molecule has 0 aromatic carbocycles. The van der Waals surface area contributed by atoms with E-state index in [-0.39, 0.29) is 25.8 Å². The molecule has 0 spiro atoms. The Morgan fingerprint density at radius 3 is 1.43 bits per heavy atom. The van der Waals surface area contributed by atoms with E-state index in [0.717, 1.165) is 12.8 Å². The molecule has 2 aliphatic rings. The van der Waals surface area contributed by atoms with E-state index in [1.54, 1.807) is 0 Å². The Bertz CT molecular complexity index is 368. The van der Waals surface area contributed by atoms with Crippen molar-refractivity contribution in [1.29, 1.82) is 0 Å². The summed E-state index contributed by atoms with van der Waals surface area (Å²) in [7, 11) is 0. The first-order chi connectivity index (χ1) is 9.65. The number of unbranched alkanes of at least 4 members (excludes halogenated alkanes) is 2. The minimum absolute atomic E-state index is 0. The Morgan fingerprint density at radius 2 is 1.19 bits per heavy atom. The van der Waals surface area contributed by atoms with Gasteiger partial charge in [-0.25, -0.2) is 35.5 Å². The van der Waals surface area contributed by atoms with Gasteiger partial charge in [0.25, 0.3) is 0 Å². The van der Waals surface area contributed by atoms with Crippen LogP contribution in [-0.4, -0.2) is 0 Å². The Labute approximate surface area is 151 Å². The maximum absolute atomic E-state index is 3.37. The molecule has 0 fully saturated rings. The summed E-state index contributed by atoms with van der Waals surface area (Å²) in [4.78, 5) is 0. The van der Waals surface area contributed by atoms with Crippen molar-refractivity contribution in [3.05, 3.63) is 46.6 Å². The van der Waals surface area contributed by atoms with Crippen molar-refractivity contribution in [1.82, 2.24) is 0 Å². The van der Waals surface area contributed by atoms with Crippen LogP contribution >= 0.6 is 0 Å². The molecule has 21 heavy (non-hydrogen) atoms. The van der Waals surface area contributed by atoms with E-state index in [4.69, 9.17) is 0 Å². The quantitative estimate of drug-likeness (QED) is 0.321. The van der Waals surface area contributed by atoms with Crippen molar-refractivity contribution in [3.63, 3.8) is 0 Å². The van der Waals surface area contributed by atoms with Crippen LogP contribution < -0.4 is 0 Å². The molecule has 0 heterocycles. The molecule has 0 aromatic rings. The SMILES string of the molecule is CCCCC1=CCC(C)=[C-]1.CCCCC1=CCC(C)=[C-]1.[Hf]. The van der Waals surface area contributed by atoms with Gasteiger partial charge in [-0.3, -0.25) is 0 Å². The second-order valence-corrected chi connectivity index (χ2v) is 5.88. The van der Waals surface area contributed by atoms with Gasteiger partial charge in [0.2, 0.25) is 0 Å². The fourth-order valence-corrected chi connectivity index (χ4v) is 2.37. The monoisotopic (exact) mass is 450 g/mol. The van der Waals surface area contributed by atoms with Gasteiger partial charge < -0.3 is 0 Å². The zero-order valence-electron chi connectivity index (χ0n) is 14.3. The van der Waals surface area contributed by atoms with E-state index in [1.165, 1.54) is 60.8 Å². The molecular formula is C20H30Hf-2. The smallest absolute Gasteiger partial charge is 0 e. The normalized spacial score (nSPS) is 16.2. The summed E-state index contributed by atoms with van der Waals surface area (Å²) in [6.07, 6.45) is 21.3. The molecule has 0 atom stereocenters. The van der Waals surface area contributed by atoms with Crippen LogP contribution in [0.15, 0.2) is 34.4 Å². The van der Waals surface area contributed by atoms with Crippen LogP contribution in [0.5, 0.6) is 0 Å². The van der Waals surface area contributed by atoms with Crippen molar-refractivity contribution in [2.45, 2.75) is 79.1 Å². The first kappa shape index (κ1) is 20.8. The average Bonchev–Trinajstić information content (AvgIpc) is 3.03. The third-order valence-electron chi connectivity index (χ3n) is 3.66. The van der Waals surface area contributed by atoms with Crippen LogP contribution in [0.3, 0.4) is 0 Å². The number of rotatable bonds is 6. The summed E-state index contributed by atoms with van der Waals surface area (Å²) in [5.41, 5.74) is 5.65. The number of allylic oxidation sites excluding steroid dienone is 8. The van der Waals surface area contributed by atoms with Gasteiger partial charge in [0.1, 0.15) is 0 Å². The van der Waals surface area contributed by atoms with Crippen molar-refractivity contribution >= 4 is 0 Å². The third kappa shape index (κ3) is 9.45. The van der Waals surface area contributed by atoms with Gasteiger partial charge in [0.05, 0.1) is 0 Å². The van der Waals surface area contributed by atoms with Gasteiger partial charge in [-0.1, -0.05) is 79.1 Å². The van der Waals surface area contributed by atoms with Gasteiger partial charge in [0.15, 0.2) is 0 Å². The van der Waals surface area contributed by atoms with Crippen LogP contribution in [0, 0.1) is 12.2 Å². The molecule has 0 saturated heterocycles. The van der Waals surface area contributed by atoms with Gasteiger partial charge in [0, 0.05) is 25.8 Å². The number of hydrogen-bond donors (Lipinski definition) is 0. The van der Waals surface area contributed by atoms with E-state index in [1.807, 2.05) is 0 Å². The van der Waals surface area contributed by atoms with Crippen molar-refractivity contribution in [2.24, 2.45) is 0 Å². The fourth-order valence-electron chi connectivity index (χ4n) is 2.37. The molecule has 0 radical (unpaired) electrons. The second kappa shape index (κ2) is 12.4. The van der Waals surface area contributed by atoms with Crippen LogP contribution in [0.25, 0.3) is 0 Å². The predicted molar refractivity (Wildman–Crippen MR) is 89.3 cm³/mol. The number of hydrogen-bond acceptors (Lipinski definition) is 0. The molecule has 0 bridgehead atoms. The molecule has 1 heteroatoms. The molecule has 0 amide bonds. The molecule has 0 saturated carbocycles. The van der Waals surface area contributed by atoms with Gasteiger partial charge in [-0.2, -0.15) is 11.1 Å². The second-order valence-electron chi connectivity index (χ2n) is 5.88. The van der Waals surface area contributed by atoms with Crippen LogP contribution in [0.1, 0.15) is 79.1 Å². The van der Waals surface area contributed by atoms with Crippen LogP contribution in [-0.2, 0) is 25.8 Å². The maximum Gasteiger partial charge on any atom is 0 e. The van der Waals surface area contributed by atoms with E-state index >= 15 is 0 Å². The Hall–Kier alpha value is -0.170. The van der Waals surface area contributed by atoms with Crippen molar-refractivity contribution < 1.29 is 25.8 Å². The van der Waals surface area contributed by atoms with Crippen LogP contribution in [0.4, 0.5) is 0 Å². The average molecular weight is 449 g/mol. The largest absolute Gasteiger partial charge is 0.250 e. The molecule has 0 aliphatic heterocycles. The topological polar surface area (TPSA) is 0 Å². The molecule has 0 N–H and O–H groups in total. The molecule has 116 valence electrons. The van der Waals surface area contributed by atoms with E-state index in [9.17, 15) is 0 Å². The zero-order chi connectivity index (χ0) is 14.8. The van der Waals surface area contributed by atoms with Crippen molar-refractivity contribution in [2.75, 3.05) is 0 Å². The van der Waals surface area contributed by atoms with E-state index < -0.39 is 0 Å². The first-order valence-corrected chi connectivity index (χ1v) is 8.22. The Kier molecular flexibility index (Phi) is 12.3. The van der Waals surface area contributed by atoms with Crippen molar-refractivity contribution in [3.8, 4) is 0 Å². The molecule has 2 aliphatic carbocycles. The maximum atomic E-state index is 3.37. The zero-order valence-corrected chi connectivity index (χ0v) is 17.9. The minimum atomic E-state index is 0. The van der Waals surface area contributed by atoms with E-state index in [0.29, 0.717) is 0 Å². The molecular weight excluding hydrogens is 419 g/mol. The van der Waals surface area contributed by atoms with Crippen LogP contribution in [0.2, 0.25) is 0 Å². The summed E-state index contributed by atoms with van der Waals surface area (Å²) < 4.78 is 0. The summed E-state index contributed by atoms with van der Waals surface area (Å²) in [5, 5.41) is 0. The summed E-state index contributed by atoms with van der Waals surface area (Å²) in [6, 6.07) is 0. The fraction of sp³-hybridized carbons (Fsp3) is 0.600. The van der Waals surface area contributed by atoms with Gasteiger partial charge >= 0.3 is 0 Å². The molecule has 2 rings (SSSR count). The first-order valence-electron chi connectivity index (χ1n) is 8.22. The summed E-state index contributed by atoms with van der Waals surface area (Å²) >= 11 is 0. The summed E-state index contributed by atoms with van der Waals surface area (Å²) in [6.45, 7) is 8.75. The predicted octanol–water partition coefficient (Wildman–Crippen LogP) is 6.51. The summed E-state index contributed by atoms with van der Waals surface area (Å²) in [5.74, 6) is 0. The van der Waals surface area contributed by atoms with Gasteiger partial charge in [-0.05, 0) is 0 Å².